The number of imidazole rings is 1. The van der Waals surface area contributed by atoms with Crippen molar-refractivity contribution in [2.45, 2.75) is 84.5 Å². The minimum atomic E-state index is -1.04. The highest BCUT2D eigenvalue weighted by Gasteiger charge is 2.30. The average Bonchev–Trinajstić information content (AvgIpc) is 2.90. The van der Waals surface area contributed by atoms with Crippen LogP contribution in [0.5, 0.6) is 0 Å². The summed E-state index contributed by atoms with van der Waals surface area (Å²) in [6, 6.07) is 0. The van der Waals surface area contributed by atoms with E-state index in [1.165, 1.54) is 19.3 Å². The van der Waals surface area contributed by atoms with Gasteiger partial charge in [-0.3, -0.25) is 0 Å². The molecule has 1 heterocycles. The predicted octanol–water partition coefficient (Wildman–Crippen LogP) is 3.63. The van der Waals surface area contributed by atoms with Gasteiger partial charge >= 0.3 is 0 Å². The highest BCUT2D eigenvalue weighted by atomic mass is 16.3. The maximum atomic E-state index is 10.5. The molecule has 128 valence electrons. The molecule has 0 aliphatic carbocycles. The summed E-state index contributed by atoms with van der Waals surface area (Å²) in [7, 11) is 0. The molecule has 4 heteroatoms. The van der Waals surface area contributed by atoms with E-state index in [1.807, 2.05) is 0 Å². The molecular weight excluding hydrogens is 276 g/mol. The van der Waals surface area contributed by atoms with Crippen LogP contribution >= 0.6 is 0 Å². The lowest BCUT2D eigenvalue weighted by Gasteiger charge is -2.29. The molecule has 0 bridgehead atoms. The van der Waals surface area contributed by atoms with Crippen LogP contribution < -0.4 is 0 Å². The van der Waals surface area contributed by atoms with E-state index in [0.717, 1.165) is 18.8 Å². The van der Waals surface area contributed by atoms with Gasteiger partial charge in [-0.05, 0) is 25.2 Å². The monoisotopic (exact) mass is 310 g/mol. The normalized spacial score (nSPS) is 17.4. The van der Waals surface area contributed by atoms with Crippen molar-refractivity contribution in [1.82, 2.24) is 9.55 Å². The van der Waals surface area contributed by atoms with Gasteiger partial charge in [0.05, 0.1) is 18.5 Å². The fourth-order valence-corrected chi connectivity index (χ4v) is 2.79. The molecule has 3 atom stereocenters. The average molecular weight is 310 g/mol. The molecule has 0 spiro atoms. The molecule has 1 aromatic heterocycles. The van der Waals surface area contributed by atoms with Crippen LogP contribution in [-0.4, -0.2) is 31.5 Å². The van der Waals surface area contributed by atoms with Crippen molar-refractivity contribution >= 4 is 0 Å². The third-order valence-electron chi connectivity index (χ3n) is 4.52. The molecule has 0 saturated heterocycles. The standard InChI is InChI=1S/C18H34N2O2/c1-15(2)7-5-8-16(3)9-6-10-18(4,22)17(21)13-20-12-11-19-14-20/h11-12,14-17,21-22H,5-10,13H2,1-4H3/t16?,17-,18+/m0/s1. The van der Waals surface area contributed by atoms with Gasteiger partial charge in [0.2, 0.25) is 0 Å². The Bertz CT molecular complexity index is 388. The van der Waals surface area contributed by atoms with Gasteiger partial charge in [0.25, 0.3) is 0 Å². The first-order valence-electron chi connectivity index (χ1n) is 8.67. The Kier molecular flexibility index (Phi) is 8.12. The molecule has 0 radical (unpaired) electrons. The molecule has 0 aliphatic rings. The van der Waals surface area contributed by atoms with Crippen LogP contribution in [0.2, 0.25) is 0 Å². The Morgan fingerprint density at radius 2 is 1.82 bits per heavy atom. The summed E-state index contributed by atoms with van der Waals surface area (Å²) in [6.07, 6.45) is 10.9. The largest absolute Gasteiger partial charge is 0.388 e. The predicted molar refractivity (Wildman–Crippen MR) is 90.6 cm³/mol. The molecule has 4 nitrogen and oxygen atoms in total. The smallest absolute Gasteiger partial charge is 0.100 e. The zero-order valence-electron chi connectivity index (χ0n) is 14.7. The van der Waals surface area contributed by atoms with E-state index in [2.05, 4.69) is 25.8 Å². The Morgan fingerprint density at radius 3 is 2.41 bits per heavy atom. The quantitative estimate of drug-likeness (QED) is 0.656. The van der Waals surface area contributed by atoms with Crippen LogP contribution in [0.15, 0.2) is 18.7 Å². The van der Waals surface area contributed by atoms with Crippen LogP contribution in [0, 0.1) is 11.8 Å². The van der Waals surface area contributed by atoms with Crippen molar-refractivity contribution in [1.29, 1.82) is 0 Å². The van der Waals surface area contributed by atoms with Gasteiger partial charge in [0.15, 0.2) is 0 Å². The van der Waals surface area contributed by atoms with Gasteiger partial charge in [-0.25, -0.2) is 4.98 Å². The topological polar surface area (TPSA) is 58.3 Å². The molecule has 2 N–H and O–H groups in total. The molecule has 22 heavy (non-hydrogen) atoms. The zero-order chi connectivity index (χ0) is 16.6. The number of hydrogen-bond acceptors (Lipinski definition) is 3. The van der Waals surface area contributed by atoms with E-state index < -0.39 is 11.7 Å². The first-order chi connectivity index (χ1) is 10.3. The van der Waals surface area contributed by atoms with Gasteiger partial charge in [0.1, 0.15) is 6.10 Å². The molecule has 0 amide bonds. The minimum Gasteiger partial charge on any atom is -0.388 e. The second-order valence-electron chi connectivity index (χ2n) is 7.45. The van der Waals surface area contributed by atoms with E-state index in [0.29, 0.717) is 18.9 Å². The Hall–Kier alpha value is -0.870. The van der Waals surface area contributed by atoms with Gasteiger partial charge in [-0.1, -0.05) is 52.9 Å². The number of aliphatic hydroxyl groups is 2. The van der Waals surface area contributed by atoms with Crippen LogP contribution in [0.1, 0.15) is 66.2 Å². The fourth-order valence-electron chi connectivity index (χ4n) is 2.79. The molecule has 1 unspecified atom stereocenters. The molecule has 1 aromatic rings. The Labute approximate surface area is 135 Å². The van der Waals surface area contributed by atoms with Gasteiger partial charge in [-0.15, -0.1) is 0 Å². The number of aliphatic hydroxyl groups excluding tert-OH is 1. The number of hydrogen-bond donors (Lipinski definition) is 2. The van der Waals surface area contributed by atoms with E-state index >= 15 is 0 Å². The van der Waals surface area contributed by atoms with Crippen molar-refractivity contribution in [2.24, 2.45) is 11.8 Å². The first-order valence-corrected chi connectivity index (χ1v) is 8.67. The van der Waals surface area contributed by atoms with E-state index in [9.17, 15) is 10.2 Å². The molecule has 1 rings (SSSR count). The summed E-state index contributed by atoms with van der Waals surface area (Å²) in [5, 5.41) is 20.7. The summed E-state index contributed by atoms with van der Waals surface area (Å²) < 4.78 is 1.80. The number of nitrogens with zero attached hydrogens (tertiary/aromatic N) is 2. The lowest BCUT2D eigenvalue weighted by molar-refractivity contribution is -0.0752. The number of aromatic nitrogens is 2. The molecule has 0 aromatic carbocycles. The van der Waals surface area contributed by atoms with E-state index in [-0.39, 0.29) is 0 Å². The van der Waals surface area contributed by atoms with Gasteiger partial charge < -0.3 is 14.8 Å². The first kappa shape index (κ1) is 19.2. The molecule has 0 fully saturated rings. The lowest BCUT2D eigenvalue weighted by atomic mass is 9.89. The van der Waals surface area contributed by atoms with Gasteiger partial charge in [0, 0.05) is 12.4 Å². The third-order valence-corrected chi connectivity index (χ3v) is 4.52. The van der Waals surface area contributed by atoms with E-state index in [4.69, 9.17) is 0 Å². The van der Waals surface area contributed by atoms with Crippen molar-refractivity contribution in [2.75, 3.05) is 0 Å². The fraction of sp³-hybridized carbons (Fsp3) is 0.833. The molecule has 0 saturated carbocycles. The highest BCUT2D eigenvalue weighted by molar-refractivity contribution is 4.85. The van der Waals surface area contributed by atoms with Crippen LogP contribution in [0.4, 0.5) is 0 Å². The lowest BCUT2D eigenvalue weighted by Crippen LogP contribution is -2.41. The minimum absolute atomic E-state index is 0.386. The highest BCUT2D eigenvalue weighted by Crippen LogP contribution is 2.23. The summed E-state index contributed by atoms with van der Waals surface area (Å²) in [5.41, 5.74) is -1.04. The van der Waals surface area contributed by atoms with Crippen molar-refractivity contribution in [3.63, 3.8) is 0 Å². The van der Waals surface area contributed by atoms with Gasteiger partial charge in [-0.2, -0.15) is 0 Å². The second kappa shape index (κ2) is 9.31. The van der Waals surface area contributed by atoms with Crippen LogP contribution in [0.25, 0.3) is 0 Å². The Balaban J connectivity index is 2.23. The summed E-state index contributed by atoms with van der Waals surface area (Å²) in [4.78, 5) is 3.95. The maximum absolute atomic E-state index is 10.5. The Morgan fingerprint density at radius 1 is 1.14 bits per heavy atom. The van der Waals surface area contributed by atoms with Crippen molar-refractivity contribution < 1.29 is 10.2 Å². The molecule has 0 aliphatic heterocycles. The van der Waals surface area contributed by atoms with Crippen LogP contribution in [0.3, 0.4) is 0 Å². The molecular formula is C18H34N2O2. The summed E-state index contributed by atoms with van der Waals surface area (Å²) >= 11 is 0. The summed E-state index contributed by atoms with van der Waals surface area (Å²) in [6.45, 7) is 8.94. The van der Waals surface area contributed by atoms with Crippen molar-refractivity contribution in [3.8, 4) is 0 Å². The zero-order valence-corrected chi connectivity index (χ0v) is 14.7. The SMILES string of the molecule is CC(C)CCCC(C)CCC[C@@](C)(O)[C@@H](O)Cn1ccnc1. The number of rotatable bonds is 11. The van der Waals surface area contributed by atoms with E-state index in [1.54, 1.807) is 30.2 Å². The third kappa shape index (κ3) is 7.41. The summed E-state index contributed by atoms with van der Waals surface area (Å²) in [5.74, 6) is 1.48. The van der Waals surface area contributed by atoms with Crippen LogP contribution in [-0.2, 0) is 6.54 Å². The van der Waals surface area contributed by atoms with Crippen molar-refractivity contribution in [3.05, 3.63) is 18.7 Å². The maximum Gasteiger partial charge on any atom is 0.100 e. The second-order valence-corrected chi connectivity index (χ2v) is 7.45.